The molecule has 0 saturated heterocycles. The third kappa shape index (κ3) is 2.57. The maximum absolute atomic E-state index is 11.9. The third-order valence-electron chi connectivity index (χ3n) is 3.07. The second-order valence-electron chi connectivity index (χ2n) is 4.43. The fourth-order valence-electron chi connectivity index (χ4n) is 2.02. The average Bonchev–Trinajstić information content (AvgIpc) is 2.51. The molecule has 0 spiro atoms. The summed E-state index contributed by atoms with van der Waals surface area (Å²) < 4.78 is 27.4. The minimum Gasteiger partial charge on any atom is -0.372 e. The minimum absolute atomic E-state index is 0.201. The zero-order valence-corrected chi connectivity index (χ0v) is 12.1. The predicted octanol–water partition coefficient (Wildman–Crippen LogP) is 1.26. The molecule has 0 aliphatic carbocycles. The molecule has 0 unspecified atom stereocenters. The van der Waals surface area contributed by atoms with Crippen molar-refractivity contribution in [2.24, 2.45) is 4.40 Å². The summed E-state index contributed by atoms with van der Waals surface area (Å²) in [5.41, 5.74) is 1.31. The Balaban J connectivity index is 1.93. The van der Waals surface area contributed by atoms with Crippen molar-refractivity contribution in [1.82, 2.24) is 9.97 Å². The lowest BCUT2D eigenvalue weighted by Gasteiger charge is -2.24. The number of hydrogen-bond acceptors (Lipinski definition) is 6. The van der Waals surface area contributed by atoms with Crippen LogP contribution in [0.2, 0.25) is 0 Å². The molecule has 8 heteroatoms. The van der Waals surface area contributed by atoms with Gasteiger partial charge < -0.3 is 10.2 Å². The number of benzene rings is 1. The minimum atomic E-state index is -3.60. The first kappa shape index (κ1) is 13.5. The summed E-state index contributed by atoms with van der Waals surface area (Å²) in [5.74, 6) is 0.675. The van der Waals surface area contributed by atoms with Crippen LogP contribution in [-0.4, -0.2) is 31.8 Å². The molecule has 0 bridgehead atoms. The Morgan fingerprint density at radius 2 is 2.00 bits per heavy atom. The largest absolute Gasteiger partial charge is 0.372 e. The Hall–Kier alpha value is -2.48. The molecule has 2 heterocycles. The fraction of sp³-hybridized carbons (Fsp3) is 0.154. The molecule has 1 aliphatic rings. The number of anilines is 2. The molecule has 2 aromatic rings. The highest BCUT2D eigenvalue weighted by atomic mass is 32.2. The first-order chi connectivity index (χ1) is 10.1. The predicted molar refractivity (Wildman–Crippen MR) is 79.9 cm³/mol. The normalized spacial score (nSPS) is 15.6. The summed E-state index contributed by atoms with van der Waals surface area (Å²) in [6, 6.07) is 6.75. The third-order valence-corrected chi connectivity index (χ3v) is 4.34. The van der Waals surface area contributed by atoms with E-state index in [1.807, 2.05) is 0 Å². The molecule has 1 aliphatic heterocycles. The van der Waals surface area contributed by atoms with Crippen molar-refractivity contribution in [2.45, 2.75) is 11.4 Å². The van der Waals surface area contributed by atoms with E-state index in [1.165, 1.54) is 6.34 Å². The number of fused-ring (bicyclic) bond motifs is 1. The van der Waals surface area contributed by atoms with Gasteiger partial charge in [-0.15, -0.1) is 4.40 Å². The van der Waals surface area contributed by atoms with Crippen LogP contribution >= 0.6 is 0 Å². The second-order valence-corrected chi connectivity index (χ2v) is 6.04. The van der Waals surface area contributed by atoms with Gasteiger partial charge >= 0.3 is 0 Å². The highest BCUT2D eigenvalue weighted by Gasteiger charge is 2.24. The van der Waals surface area contributed by atoms with Crippen molar-refractivity contribution in [3.05, 3.63) is 42.4 Å². The Labute approximate surface area is 122 Å². The summed E-state index contributed by atoms with van der Waals surface area (Å²) in [7, 11) is -1.83. The molecule has 1 aromatic carbocycles. The van der Waals surface area contributed by atoms with Crippen LogP contribution in [0, 0.1) is 0 Å². The maximum atomic E-state index is 11.9. The first-order valence-corrected chi connectivity index (χ1v) is 7.69. The summed E-state index contributed by atoms with van der Waals surface area (Å²) in [6.07, 6.45) is 4.58. The van der Waals surface area contributed by atoms with E-state index in [9.17, 15) is 8.42 Å². The number of nitrogens with one attached hydrogen (secondary N) is 1. The maximum Gasteiger partial charge on any atom is 0.285 e. The molecule has 1 N–H and O–H groups in total. The Morgan fingerprint density at radius 1 is 1.19 bits per heavy atom. The van der Waals surface area contributed by atoms with Crippen molar-refractivity contribution in [1.29, 1.82) is 0 Å². The lowest BCUT2D eigenvalue weighted by Crippen LogP contribution is -2.27. The summed E-state index contributed by atoms with van der Waals surface area (Å²) in [4.78, 5) is 10.4. The van der Waals surface area contributed by atoms with E-state index < -0.39 is 10.0 Å². The molecule has 0 atom stereocenters. The van der Waals surface area contributed by atoms with Gasteiger partial charge in [0.25, 0.3) is 10.0 Å². The SMILES string of the molecule is CNc1cnc(CN2C=NS(=O)(=O)c3ccccc32)cn1. The number of sulfonamides is 1. The lowest BCUT2D eigenvalue weighted by molar-refractivity contribution is 0.597. The smallest absolute Gasteiger partial charge is 0.285 e. The molecule has 0 fully saturated rings. The first-order valence-electron chi connectivity index (χ1n) is 6.25. The molecule has 21 heavy (non-hydrogen) atoms. The quantitative estimate of drug-likeness (QED) is 0.918. The molecule has 0 radical (unpaired) electrons. The molecular formula is C13H13N5O2S. The molecule has 0 amide bonds. The van der Waals surface area contributed by atoms with Crippen LogP contribution in [0.1, 0.15) is 5.69 Å². The molecule has 0 saturated carbocycles. The Kier molecular flexibility index (Phi) is 3.30. The number of hydrogen-bond donors (Lipinski definition) is 1. The van der Waals surface area contributed by atoms with Gasteiger partial charge in [-0.3, -0.25) is 4.98 Å². The molecule has 108 valence electrons. The highest BCUT2D eigenvalue weighted by Crippen LogP contribution is 2.29. The van der Waals surface area contributed by atoms with Crippen LogP contribution in [0.5, 0.6) is 0 Å². The zero-order valence-electron chi connectivity index (χ0n) is 11.3. The Bertz CT molecular complexity index is 786. The average molecular weight is 303 g/mol. The monoisotopic (exact) mass is 303 g/mol. The number of para-hydroxylation sites is 1. The van der Waals surface area contributed by atoms with Gasteiger partial charge in [0.15, 0.2) is 0 Å². The van der Waals surface area contributed by atoms with Gasteiger partial charge in [-0.1, -0.05) is 12.1 Å². The van der Waals surface area contributed by atoms with Crippen LogP contribution in [-0.2, 0) is 16.6 Å². The van der Waals surface area contributed by atoms with E-state index >= 15 is 0 Å². The second kappa shape index (κ2) is 5.13. The van der Waals surface area contributed by atoms with Crippen molar-refractivity contribution in [3.63, 3.8) is 0 Å². The zero-order chi connectivity index (χ0) is 14.9. The van der Waals surface area contributed by atoms with Crippen LogP contribution in [0.25, 0.3) is 0 Å². The van der Waals surface area contributed by atoms with Crippen LogP contribution < -0.4 is 10.2 Å². The van der Waals surface area contributed by atoms with Crippen LogP contribution in [0.4, 0.5) is 11.5 Å². The van der Waals surface area contributed by atoms with E-state index in [0.717, 1.165) is 5.69 Å². The van der Waals surface area contributed by atoms with Gasteiger partial charge in [0.1, 0.15) is 17.1 Å². The van der Waals surface area contributed by atoms with Crippen molar-refractivity contribution < 1.29 is 8.42 Å². The number of nitrogens with zero attached hydrogens (tertiary/aromatic N) is 4. The van der Waals surface area contributed by atoms with Crippen LogP contribution in [0.3, 0.4) is 0 Å². The molecular weight excluding hydrogens is 290 g/mol. The van der Waals surface area contributed by atoms with Crippen molar-refractivity contribution >= 4 is 27.9 Å². The van der Waals surface area contributed by atoms with Gasteiger partial charge in [-0.05, 0) is 12.1 Å². The highest BCUT2D eigenvalue weighted by molar-refractivity contribution is 7.90. The number of rotatable bonds is 3. The van der Waals surface area contributed by atoms with Crippen molar-refractivity contribution in [2.75, 3.05) is 17.3 Å². The summed E-state index contributed by atoms with van der Waals surface area (Å²) >= 11 is 0. The molecule has 7 nitrogen and oxygen atoms in total. The van der Waals surface area contributed by atoms with Gasteiger partial charge in [0.05, 0.1) is 30.3 Å². The lowest BCUT2D eigenvalue weighted by atomic mass is 10.3. The van der Waals surface area contributed by atoms with E-state index in [4.69, 9.17) is 0 Å². The molecule has 3 rings (SSSR count). The van der Waals surface area contributed by atoms with E-state index in [-0.39, 0.29) is 4.90 Å². The van der Waals surface area contributed by atoms with Gasteiger partial charge in [-0.2, -0.15) is 8.42 Å². The van der Waals surface area contributed by atoms with Crippen LogP contribution in [0.15, 0.2) is 46.0 Å². The van der Waals surface area contributed by atoms with Gasteiger partial charge in [-0.25, -0.2) is 4.98 Å². The van der Waals surface area contributed by atoms with E-state index in [0.29, 0.717) is 18.1 Å². The Morgan fingerprint density at radius 3 is 2.71 bits per heavy atom. The van der Waals surface area contributed by atoms with Gasteiger partial charge in [0.2, 0.25) is 0 Å². The fourth-order valence-corrected chi connectivity index (χ4v) is 3.07. The summed E-state index contributed by atoms with van der Waals surface area (Å²) in [5, 5.41) is 2.89. The number of aromatic nitrogens is 2. The van der Waals surface area contributed by atoms with E-state index in [2.05, 4.69) is 19.7 Å². The van der Waals surface area contributed by atoms with E-state index in [1.54, 1.807) is 48.6 Å². The summed E-state index contributed by atoms with van der Waals surface area (Å²) in [6.45, 7) is 0.396. The van der Waals surface area contributed by atoms with Crippen molar-refractivity contribution in [3.8, 4) is 0 Å². The molecule has 1 aromatic heterocycles. The standard InChI is InChI=1S/C13H13N5O2S/c1-14-13-7-15-10(6-16-13)8-18-9-17-21(19,20)12-5-3-2-4-11(12)18/h2-7,9H,8H2,1H3,(H,14,16). The topological polar surface area (TPSA) is 87.5 Å². The van der Waals surface area contributed by atoms with Gasteiger partial charge in [0, 0.05) is 7.05 Å².